The molecule has 49 heavy (non-hydrogen) atoms. The number of aliphatic carboxylic acids is 1. The van der Waals surface area contributed by atoms with Crippen molar-refractivity contribution in [3.63, 3.8) is 0 Å². The Morgan fingerprint density at radius 2 is 1.67 bits per heavy atom. The summed E-state index contributed by atoms with van der Waals surface area (Å²) in [5.74, 6) is 2.28. The molecular weight excluding hydrogens is 629 g/mol. The summed E-state index contributed by atoms with van der Waals surface area (Å²) >= 11 is 0. The summed E-state index contributed by atoms with van der Waals surface area (Å²) in [6.07, 6.45) is 23.7. The second-order valence-electron chi connectivity index (χ2n) is 18.8. The predicted octanol–water partition coefficient (Wildman–Crippen LogP) is 8.23. The van der Waals surface area contributed by atoms with Gasteiger partial charge < -0.3 is 15.3 Å². The van der Waals surface area contributed by atoms with Crippen LogP contribution in [-0.2, 0) is 14.6 Å². The van der Waals surface area contributed by atoms with Gasteiger partial charge in [0, 0.05) is 31.0 Å². The molecule has 1 heterocycles. The number of carboxylic acid groups (broad SMARTS) is 1. The highest BCUT2D eigenvalue weighted by atomic mass is 32.2. The summed E-state index contributed by atoms with van der Waals surface area (Å²) in [7, 11) is -2.95. The van der Waals surface area contributed by atoms with Crippen molar-refractivity contribution in [1.29, 1.82) is 0 Å². The third-order valence-electron chi connectivity index (χ3n) is 16.4. The number of nitrogens with one attached hydrogen (secondary N) is 1. The molecule has 6 nitrogen and oxygen atoms in total. The topological polar surface area (TPSA) is 86.7 Å². The number of sulfone groups is 1. The van der Waals surface area contributed by atoms with E-state index in [0.29, 0.717) is 40.4 Å². The largest absolute Gasteiger partial charge is 0.478 e. The van der Waals surface area contributed by atoms with Crippen LogP contribution in [-0.4, -0.2) is 67.6 Å². The van der Waals surface area contributed by atoms with Gasteiger partial charge in [-0.15, -0.1) is 0 Å². The number of likely N-dealkylation sites (tertiary alicyclic amines) is 1. The normalized spacial score (nSPS) is 42.7. The number of allylic oxidation sites excluding steroid dienone is 6. The molecule has 6 aliphatic rings. The Balaban J connectivity index is 1.21. The van der Waals surface area contributed by atoms with E-state index in [4.69, 9.17) is 5.11 Å². The van der Waals surface area contributed by atoms with E-state index in [1.807, 2.05) is 6.08 Å². The summed E-state index contributed by atoms with van der Waals surface area (Å²) in [6, 6.07) is 0. The summed E-state index contributed by atoms with van der Waals surface area (Å²) < 4.78 is 24.2. The molecule has 9 atom stereocenters. The Morgan fingerprint density at radius 1 is 0.959 bits per heavy atom. The molecule has 4 saturated carbocycles. The van der Waals surface area contributed by atoms with Crippen LogP contribution in [0.4, 0.5) is 0 Å². The Hall–Kier alpha value is -1.70. The molecule has 1 saturated heterocycles. The standard InChI is InChI=1S/C42H66N2O4S/c1-29(2)32-16-22-42(43-25-28-44-26-18-31(19-27-44)49(8,47)48)24-23-40(6)33(37(32)42)13-14-35-39(5)20-15-30(11-9-10-12-36(45)46)38(3,4)34(39)17-21-41(35,40)7/h9-12,15,31-35,37,43H,1,13-14,16-28H2,2-8H3,(H,45,46)/b11-9-,12-10+/t32-,33+,34?,35?,37?,39-,40+,41+,42-/m0/s1. The average molecular weight is 695 g/mol. The van der Waals surface area contributed by atoms with Gasteiger partial charge in [0.2, 0.25) is 0 Å². The lowest BCUT2D eigenvalue weighted by molar-refractivity contribution is -0.221. The molecule has 0 bridgehead atoms. The molecule has 0 aromatic rings. The average Bonchev–Trinajstić information content (AvgIpc) is 3.40. The first-order chi connectivity index (χ1) is 22.9. The third-order valence-corrected chi connectivity index (χ3v) is 18.1. The molecule has 5 aliphatic carbocycles. The van der Waals surface area contributed by atoms with Crippen molar-refractivity contribution in [3.05, 3.63) is 48.1 Å². The number of nitrogens with zero attached hydrogens (tertiary/aromatic N) is 1. The summed E-state index contributed by atoms with van der Waals surface area (Å²) in [5, 5.41) is 13.1. The van der Waals surface area contributed by atoms with Crippen molar-refractivity contribution in [2.45, 2.75) is 123 Å². The van der Waals surface area contributed by atoms with E-state index >= 15 is 0 Å². The SMILES string of the molecule is C=C(C)[C@@H]1CC[C@]2(NCCN3CCC(S(C)(=O)=O)CC3)CC[C@]3(C)[C@H](CCC4[C@@]5(C)CC=C(/C=C\C=C\C(=O)O)C(C)(C)C5CC[C@]43C)C12. The quantitative estimate of drug-likeness (QED) is 0.144. The van der Waals surface area contributed by atoms with Crippen LogP contribution in [0.5, 0.6) is 0 Å². The molecule has 0 spiro atoms. The zero-order valence-corrected chi connectivity index (χ0v) is 32.5. The third kappa shape index (κ3) is 6.18. The molecule has 0 aromatic heterocycles. The lowest BCUT2D eigenvalue weighted by Crippen LogP contribution is -2.68. The maximum Gasteiger partial charge on any atom is 0.328 e. The van der Waals surface area contributed by atoms with Gasteiger partial charge in [-0.2, -0.15) is 0 Å². The van der Waals surface area contributed by atoms with Gasteiger partial charge in [-0.3, -0.25) is 0 Å². The van der Waals surface area contributed by atoms with Crippen LogP contribution in [0.2, 0.25) is 0 Å². The fourth-order valence-electron chi connectivity index (χ4n) is 13.7. The molecule has 0 radical (unpaired) electrons. The highest BCUT2D eigenvalue weighted by molar-refractivity contribution is 7.91. The van der Waals surface area contributed by atoms with Gasteiger partial charge >= 0.3 is 5.97 Å². The van der Waals surface area contributed by atoms with Crippen LogP contribution in [0, 0.1) is 51.2 Å². The monoisotopic (exact) mass is 694 g/mol. The molecule has 274 valence electrons. The minimum Gasteiger partial charge on any atom is -0.478 e. The number of carboxylic acids is 1. The summed E-state index contributed by atoms with van der Waals surface area (Å²) in [4.78, 5) is 13.5. The van der Waals surface area contributed by atoms with Crippen molar-refractivity contribution in [2.75, 3.05) is 32.4 Å². The van der Waals surface area contributed by atoms with E-state index in [2.05, 4.69) is 70.5 Å². The van der Waals surface area contributed by atoms with Crippen LogP contribution >= 0.6 is 0 Å². The molecule has 0 amide bonds. The van der Waals surface area contributed by atoms with Crippen molar-refractivity contribution in [2.24, 2.45) is 51.2 Å². The van der Waals surface area contributed by atoms with E-state index < -0.39 is 15.8 Å². The van der Waals surface area contributed by atoms with Crippen LogP contribution in [0.15, 0.2) is 48.1 Å². The number of hydrogen-bond donors (Lipinski definition) is 2. The van der Waals surface area contributed by atoms with Gasteiger partial charge in [-0.1, -0.05) is 71.1 Å². The van der Waals surface area contributed by atoms with Crippen molar-refractivity contribution in [1.82, 2.24) is 10.2 Å². The zero-order valence-electron chi connectivity index (χ0n) is 31.7. The molecule has 3 unspecified atom stereocenters. The lowest BCUT2D eigenvalue weighted by atomic mass is 9.33. The summed E-state index contributed by atoms with van der Waals surface area (Å²) in [6.45, 7) is 23.6. The van der Waals surface area contributed by atoms with E-state index in [9.17, 15) is 13.2 Å². The molecule has 7 heteroatoms. The minimum absolute atomic E-state index is 0.0435. The fourth-order valence-corrected chi connectivity index (χ4v) is 14.8. The number of rotatable bonds is 9. The molecule has 2 N–H and O–H groups in total. The maximum atomic E-state index is 12.1. The number of carbonyl (C=O) groups is 1. The van der Waals surface area contributed by atoms with Crippen LogP contribution in [0.3, 0.4) is 0 Å². The molecule has 6 rings (SSSR count). The Kier molecular flexibility index (Phi) is 9.88. The van der Waals surface area contributed by atoms with Gasteiger partial charge in [0.15, 0.2) is 0 Å². The highest BCUT2D eigenvalue weighted by Gasteiger charge is 2.70. The predicted molar refractivity (Wildman–Crippen MR) is 201 cm³/mol. The van der Waals surface area contributed by atoms with E-state index in [0.717, 1.165) is 45.4 Å². The van der Waals surface area contributed by atoms with Gasteiger partial charge in [-0.25, -0.2) is 13.2 Å². The maximum absolute atomic E-state index is 12.1. The van der Waals surface area contributed by atoms with Gasteiger partial charge in [0.1, 0.15) is 9.84 Å². The highest BCUT2D eigenvalue weighted by Crippen LogP contribution is 2.76. The lowest BCUT2D eigenvalue weighted by Gasteiger charge is -2.72. The first kappa shape index (κ1) is 37.1. The van der Waals surface area contributed by atoms with E-state index in [1.165, 1.54) is 74.8 Å². The zero-order chi connectivity index (χ0) is 35.6. The molecular formula is C42H66N2O4S. The summed E-state index contributed by atoms with van der Waals surface area (Å²) in [5.41, 5.74) is 3.79. The van der Waals surface area contributed by atoms with Gasteiger partial charge in [0.05, 0.1) is 5.25 Å². The van der Waals surface area contributed by atoms with Crippen LogP contribution in [0.25, 0.3) is 0 Å². The van der Waals surface area contributed by atoms with Crippen LogP contribution < -0.4 is 5.32 Å². The first-order valence-electron chi connectivity index (χ1n) is 19.5. The second-order valence-corrected chi connectivity index (χ2v) is 21.1. The van der Waals surface area contributed by atoms with Crippen molar-refractivity contribution in [3.8, 4) is 0 Å². The Bertz CT molecular complexity index is 1500. The van der Waals surface area contributed by atoms with Crippen LogP contribution in [0.1, 0.15) is 112 Å². The van der Waals surface area contributed by atoms with Gasteiger partial charge in [-0.05, 0) is 147 Å². The fraction of sp³-hybridized carbons (Fsp3) is 0.786. The van der Waals surface area contributed by atoms with Crippen molar-refractivity contribution < 1.29 is 18.3 Å². The molecule has 0 aromatic carbocycles. The van der Waals surface area contributed by atoms with Gasteiger partial charge in [0.25, 0.3) is 0 Å². The molecule has 1 aliphatic heterocycles. The number of fused-ring (bicyclic) bond motifs is 7. The van der Waals surface area contributed by atoms with E-state index in [1.54, 1.807) is 6.08 Å². The number of hydrogen-bond acceptors (Lipinski definition) is 5. The Labute approximate surface area is 298 Å². The second kappa shape index (κ2) is 13.1. The smallest absolute Gasteiger partial charge is 0.328 e. The first-order valence-corrected chi connectivity index (χ1v) is 21.4. The van der Waals surface area contributed by atoms with E-state index in [-0.39, 0.29) is 21.6 Å². The van der Waals surface area contributed by atoms with Crippen molar-refractivity contribution >= 4 is 15.8 Å². The Morgan fingerprint density at radius 3 is 2.33 bits per heavy atom. The number of piperidine rings is 1. The minimum atomic E-state index is -2.95. The molecule has 5 fully saturated rings.